The van der Waals surface area contributed by atoms with Gasteiger partial charge in [-0.05, 0) is 93.3 Å². The van der Waals surface area contributed by atoms with E-state index in [4.69, 9.17) is 9.57 Å². The molecule has 4 heterocycles. The van der Waals surface area contributed by atoms with Crippen LogP contribution < -0.4 is 10.8 Å². The van der Waals surface area contributed by atoms with E-state index in [-0.39, 0.29) is 36.1 Å². The number of urea groups is 1. The van der Waals surface area contributed by atoms with Crippen molar-refractivity contribution in [1.29, 1.82) is 0 Å². The van der Waals surface area contributed by atoms with Gasteiger partial charge >= 0.3 is 12.1 Å². The standard InChI is InChI=1S/C36H47Br2N7O7/c1-51-40-32(46)23-41-16-18-42(19-17-41)26-7-11-43(12-8-26)34(48)31(22-24-20-28(37)33(47)29(38)21-24)52-36(50)44-13-9-27(10-14-44)45-15-6-25-4-2-3-5-30(25)39-35(45)49/h2-5,20-21,26-27,31,47H,6-19,22-23H2,1H3,(H,39,49)(H,40,46). The molecule has 2 aromatic carbocycles. The van der Waals surface area contributed by atoms with Gasteiger partial charge in [0, 0.05) is 83.1 Å². The molecule has 0 aliphatic carbocycles. The molecule has 1 unspecified atom stereocenters. The van der Waals surface area contributed by atoms with Crippen molar-refractivity contribution >= 4 is 61.5 Å². The Bertz CT molecular complexity index is 1590. The average Bonchev–Trinajstić information content (AvgIpc) is 3.31. The highest BCUT2D eigenvalue weighted by atomic mass is 79.9. The fraction of sp³-hybridized carbons (Fsp3) is 0.556. The zero-order valence-corrected chi connectivity index (χ0v) is 32.6. The number of rotatable bonds is 9. The number of piperazine rings is 1. The Morgan fingerprint density at radius 2 is 1.54 bits per heavy atom. The number of carbonyl (C=O) groups is 4. The number of piperidine rings is 2. The highest BCUT2D eigenvalue weighted by molar-refractivity contribution is 9.11. The third-order valence-corrected chi connectivity index (χ3v) is 11.8. The highest BCUT2D eigenvalue weighted by Crippen LogP contribution is 2.34. The second-order valence-corrected chi connectivity index (χ2v) is 15.5. The minimum absolute atomic E-state index is 0.0121. The molecule has 0 bridgehead atoms. The number of hydrogen-bond donors (Lipinski definition) is 3. The zero-order valence-electron chi connectivity index (χ0n) is 29.4. The number of carbonyl (C=O) groups excluding carboxylic acids is 4. The summed E-state index contributed by atoms with van der Waals surface area (Å²) in [5, 5.41) is 13.3. The summed E-state index contributed by atoms with van der Waals surface area (Å²) in [6, 6.07) is 11.5. The molecule has 1 atom stereocenters. The number of hydrogen-bond acceptors (Lipinski definition) is 9. The predicted molar refractivity (Wildman–Crippen MR) is 201 cm³/mol. The van der Waals surface area contributed by atoms with E-state index in [2.05, 4.69) is 52.5 Å². The Morgan fingerprint density at radius 3 is 2.21 bits per heavy atom. The first-order valence-electron chi connectivity index (χ1n) is 17.9. The van der Waals surface area contributed by atoms with Crippen LogP contribution in [0.4, 0.5) is 15.3 Å². The summed E-state index contributed by atoms with van der Waals surface area (Å²) in [7, 11) is 1.42. The first-order chi connectivity index (χ1) is 25.1. The number of amides is 5. The molecule has 3 N–H and O–H groups in total. The lowest BCUT2D eigenvalue weighted by Gasteiger charge is -2.43. The summed E-state index contributed by atoms with van der Waals surface area (Å²) >= 11 is 6.76. The van der Waals surface area contributed by atoms with Gasteiger partial charge in [0.2, 0.25) is 0 Å². The maximum Gasteiger partial charge on any atom is 0.410 e. The van der Waals surface area contributed by atoms with Gasteiger partial charge in [-0.3, -0.25) is 24.2 Å². The fourth-order valence-electron chi connectivity index (χ4n) is 7.71. The molecule has 4 aliphatic rings. The minimum Gasteiger partial charge on any atom is -0.506 e. The number of anilines is 1. The van der Waals surface area contributed by atoms with E-state index in [0.29, 0.717) is 67.1 Å². The maximum absolute atomic E-state index is 14.1. The number of hydroxylamine groups is 1. The van der Waals surface area contributed by atoms with Gasteiger partial charge in [-0.15, -0.1) is 0 Å². The Kier molecular flexibility index (Phi) is 13.0. The van der Waals surface area contributed by atoms with Gasteiger partial charge in [0.15, 0.2) is 6.10 Å². The lowest BCUT2D eigenvalue weighted by molar-refractivity contribution is -0.142. The van der Waals surface area contributed by atoms with E-state index < -0.39 is 12.2 Å². The summed E-state index contributed by atoms with van der Waals surface area (Å²) in [6.07, 6.45) is 2.12. The molecule has 16 heteroatoms. The quantitative estimate of drug-likeness (QED) is 0.321. The van der Waals surface area contributed by atoms with Crippen molar-refractivity contribution in [3.8, 4) is 5.75 Å². The first-order valence-corrected chi connectivity index (χ1v) is 19.5. The van der Waals surface area contributed by atoms with Crippen LogP contribution in [0.15, 0.2) is 45.3 Å². The summed E-state index contributed by atoms with van der Waals surface area (Å²) < 4.78 is 6.98. The molecule has 14 nitrogen and oxygen atoms in total. The third-order valence-electron chi connectivity index (χ3n) is 10.6. The number of halogens is 2. The van der Waals surface area contributed by atoms with Crippen LogP contribution in [-0.2, 0) is 32.0 Å². The maximum atomic E-state index is 14.1. The summed E-state index contributed by atoms with van der Waals surface area (Å²) in [6.45, 7) is 6.06. The lowest BCUT2D eigenvalue weighted by atomic mass is 10.0. The summed E-state index contributed by atoms with van der Waals surface area (Å²) in [4.78, 5) is 67.3. The minimum atomic E-state index is -1.05. The average molecular weight is 850 g/mol. The summed E-state index contributed by atoms with van der Waals surface area (Å²) in [5.74, 6) is -0.352. The number of aromatic hydroxyl groups is 1. The Hall–Kier alpha value is -3.44. The molecule has 0 radical (unpaired) electrons. The topological polar surface area (TPSA) is 147 Å². The monoisotopic (exact) mass is 847 g/mol. The van der Waals surface area contributed by atoms with Gasteiger partial charge in [0.1, 0.15) is 5.75 Å². The number of phenols is 1. The molecule has 52 heavy (non-hydrogen) atoms. The largest absolute Gasteiger partial charge is 0.506 e. The Balaban J connectivity index is 1.05. The molecular formula is C36H47Br2N7O7. The normalized spacial score (nSPS) is 20.1. The van der Waals surface area contributed by atoms with E-state index in [1.54, 1.807) is 21.9 Å². The molecule has 282 valence electrons. The van der Waals surface area contributed by atoms with Crippen LogP contribution in [0.1, 0.15) is 36.8 Å². The zero-order chi connectivity index (χ0) is 36.8. The van der Waals surface area contributed by atoms with Gasteiger partial charge in [-0.1, -0.05) is 18.2 Å². The molecule has 6 rings (SSSR count). The molecule has 0 spiro atoms. The van der Waals surface area contributed by atoms with Gasteiger partial charge in [0.05, 0.1) is 22.6 Å². The first kappa shape index (κ1) is 38.3. The number of nitrogens with zero attached hydrogens (tertiary/aromatic N) is 5. The van der Waals surface area contributed by atoms with Crippen LogP contribution in [0.5, 0.6) is 5.75 Å². The van der Waals surface area contributed by atoms with Crippen LogP contribution in [-0.4, -0.2) is 144 Å². The second kappa shape index (κ2) is 17.6. The van der Waals surface area contributed by atoms with Crippen molar-refractivity contribution in [1.82, 2.24) is 30.0 Å². The molecular weight excluding hydrogens is 802 g/mol. The number of likely N-dealkylation sites (tertiary alicyclic amines) is 2. The van der Waals surface area contributed by atoms with E-state index in [1.807, 2.05) is 29.2 Å². The number of fused-ring (bicyclic) bond motifs is 1. The van der Waals surface area contributed by atoms with Crippen LogP contribution in [0.2, 0.25) is 0 Å². The van der Waals surface area contributed by atoms with Crippen molar-refractivity contribution in [2.24, 2.45) is 0 Å². The number of nitrogens with one attached hydrogen (secondary N) is 2. The lowest BCUT2D eigenvalue weighted by Crippen LogP contribution is -2.56. The fourth-order valence-corrected chi connectivity index (χ4v) is 9.00. The van der Waals surface area contributed by atoms with Crippen LogP contribution >= 0.6 is 31.9 Å². The molecule has 5 amide bonds. The van der Waals surface area contributed by atoms with Crippen molar-refractivity contribution < 1.29 is 33.9 Å². The van der Waals surface area contributed by atoms with Crippen LogP contribution in [0.3, 0.4) is 0 Å². The third kappa shape index (κ3) is 9.37. The van der Waals surface area contributed by atoms with Gasteiger partial charge in [0.25, 0.3) is 11.8 Å². The SMILES string of the molecule is CONC(=O)CN1CCN(C2CCN(C(=O)C(Cc3cc(Br)c(O)c(Br)c3)OC(=O)N3CCC(N4CCc5ccccc5NC4=O)CC3)CC2)CC1. The second-order valence-electron chi connectivity index (χ2n) is 13.8. The van der Waals surface area contributed by atoms with Crippen molar-refractivity contribution in [2.45, 2.75) is 56.7 Å². The van der Waals surface area contributed by atoms with Gasteiger partial charge in [-0.2, -0.15) is 0 Å². The highest BCUT2D eigenvalue weighted by Gasteiger charge is 2.37. The Morgan fingerprint density at radius 1 is 0.904 bits per heavy atom. The van der Waals surface area contributed by atoms with Crippen molar-refractivity contribution in [3.63, 3.8) is 0 Å². The smallest absolute Gasteiger partial charge is 0.410 e. The number of ether oxygens (including phenoxy) is 1. The number of benzene rings is 2. The molecule has 0 aromatic heterocycles. The molecule has 3 fully saturated rings. The predicted octanol–water partition coefficient (Wildman–Crippen LogP) is 3.81. The van der Waals surface area contributed by atoms with E-state index in [1.165, 1.54) is 7.11 Å². The van der Waals surface area contributed by atoms with E-state index in [0.717, 1.165) is 62.3 Å². The summed E-state index contributed by atoms with van der Waals surface area (Å²) in [5.41, 5.74) is 5.04. The van der Waals surface area contributed by atoms with Crippen LogP contribution in [0.25, 0.3) is 0 Å². The van der Waals surface area contributed by atoms with E-state index in [9.17, 15) is 24.3 Å². The Labute approximate surface area is 320 Å². The molecule has 0 saturated carbocycles. The molecule has 3 saturated heterocycles. The van der Waals surface area contributed by atoms with Crippen LogP contribution in [0, 0.1) is 0 Å². The number of para-hydroxylation sites is 1. The van der Waals surface area contributed by atoms with Gasteiger partial charge < -0.3 is 29.9 Å². The molecule has 2 aromatic rings. The number of phenolic OH excluding ortho intramolecular Hbond substituents is 1. The van der Waals surface area contributed by atoms with Crippen molar-refractivity contribution in [2.75, 3.05) is 77.9 Å². The van der Waals surface area contributed by atoms with Crippen molar-refractivity contribution in [3.05, 3.63) is 56.5 Å². The van der Waals surface area contributed by atoms with E-state index >= 15 is 0 Å². The van der Waals surface area contributed by atoms with Gasteiger partial charge in [-0.25, -0.2) is 15.1 Å². The molecule has 4 aliphatic heterocycles.